The molecule has 0 saturated carbocycles. The van der Waals surface area contributed by atoms with E-state index in [1.807, 2.05) is 12.2 Å². The van der Waals surface area contributed by atoms with Gasteiger partial charge in [-0.3, -0.25) is 14.1 Å². The first kappa shape index (κ1) is 57.4. The molecule has 1 rings (SSSR count). The minimum absolute atomic E-state index is 0.0403. The molecule has 4 N–H and O–H groups in total. The van der Waals surface area contributed by atoms with E-state index in [1.165, 1.54) is 89.9 Å². The van der Waals surface area contributed by atoms with Crippen LogP contribution < -0.4 is 0 Å². The third kappa shape index (κ3) is 32.9. The Labute approximate surface area is 375 Å². The van der Waals surface area contributed by atoms with Gasteiger partial charge < -0.3 is 34.3 Å². The van der Waals surface area contributed by atoms with Crippen LogP contribution in [0.2, 0.25) is 0 Å². The maximum atomic E-state index is 12.8. The van der Waals surface area contributed by atoms with Gasteiger partial charge in [0, 0.05) is 12.8 Å². The van der Waals surface area contributed by atoms with Crippen molar-refractivity contribution in [2.75, 3.05) is 19.0 Å². The van der Waals surface area contributed by atoms with E-state index in [1.54, 1.807) is 0 Å². The average Bonchev–Trinajstić information content (AvgIpc) is 3.24. The van der Waals surface area contributed by atoms with Gasteiger partial charge in [-0.25, -0.2) is 0 Å². The summed E-state index contributed by atoms with van der Waals surface area (Å²) < 4.78 is 54.0. The number of aliphatic hydroxyl groups is 3. The van der Waals surface area contributed by atoms with Crippen molar-refractivity contribution in [3.8, 4) is 0 Å². The maximum absolute atomic E-state index is 12.8. The number of unbranched alkanes of at least 4 members (excludes halogenated alkanes) is 17. The quantitative estimate of drug-likeness (QED) is 0.0198. The standard InChI is InChI=1S/C49H84O12S/c1-3-5-7-9-11-13-15-17-19-20-21-22-24-26-28-30-32-34-36-38-45(51)60-42(40-59-49-48(54)47(53)46(52)43(61-49)41-62(55,56)57)39-58-44(50)37-35-33-31-29-27-25-23-18-16-14-12-10-8-6-4-2/h11,13,17,19,21-22,26,28,32,34,42-43,46-49,52-54H,3-10,12,14-16,18,20,23-25,27,29-31,33,35-41H2,1-2H3,(H,55,56,57)/b13-11+,19-17+,22-21+,28-26+,34-32+/t42-,43-,46-,47?,48?,49+/m1/s1. The molecule has 0 radical (unpaired) electrons. The lowest BCUT2D eigenvalue weighted by atomic mass is 10.00. The molecular formula is C49H84O12S. The predicted molar refractivity (Wildman–Crippen MR) is 247 cm³/mol. The lowest BCUT2D eigenvalue weighted by molar-refractivity contribution is -0.297. The molecule has 0 aromatic rings. The van der Waals surface area contributed by atoms with E-state index in [9.17, 15) is 37.9 Å². The van der Waals surface area contributed by atoms with Gasteiger partial charge in [0.15, 0.2) is 12.4 Å². The van der Waals surface area contributed by atoms with Crippen LogP contribution in [0.15, 0.2) is 60.8 Å². The molecule has 1 heterocycles. The van der Waals surface area contributed by atoms with Gasteiger partial charge in [0.05, 0.1) is 6.61 Å². The van der Waals surface area contributed by atoms with Crippen molar-refractivity contribution in [2.24, 2.45) is 0 Å². The number of carbonyl (C=O) groups excluding carboxylic acids is 2. The lowest BCUT2D eigenvalue weighted by Crippen LogP contribution is -2.60. The van der Waals surface area contributed by atoms with Crippen LogP contribution in [-0.4, -0.2) is 96.0 Å². The van der Waals surface area contributed by atoms with Gasteiger partial charge in [-0.2, -0.15) is 8.42 Å². The average molecular weight is 897 g/mol. The number of esters is 2. The molecule has 12 nitrogen and oxygen atoms in total. The second kappa shape index (κ2) is 38.8. The first-order chi connectivity index (χ1) is 30.0. The fourth-order valence-corrected chi connectivity index (χ4v) is 7.59. The zero-order valence-electron chi connectivity index (χ0n) is 38.2. The Morgan fingerprint density at radius 2 is 1.00 bits per heavy atom. The molecule has 1 saturated heterocycles. The largest absolute Gasteiger partial charge is 0.462 e. The zero-order valence-corrected chi connectivity index (χ0v) is 39.0. The topological polar surface area (TPSA) is 186 Å². The van der Waals surface area contributed by atoms with Gasteiger partial charge in [-0.1, -0.05) is 177 Å². The summed E-state index contributed by atoms with van der Waals surface area (Å²) in [4.78, 5) is 25.4. The van der Waals surface area contributed by atoms with E-state index in [2.05, 4.69) is 62.5 Å². The third-order valence-corrected chi connectivity index (χ3v) is 11.4. The Morgan fingerprint density at radius 3 is 1.50 bits per heavy atom. The summed E-state index contributed by atoms with van der Waals surface area (Å²) >= 11 is 0. The Balaban J connectivity index is 2.48. The molecule has 6 atom stereocenters. The minimum Gasteiger partial charge on any atom is -0.462 e. The molecule has 1 aliphatic heterocycles. The number of aliphatic hydroxyl groups excluding tert-OH is 3. The molecular weight excluding hydrogens is 813 g/mol. The van der Waals surface area contributed by atoms with E-state index in [0.29, 0.717) is 19.3 Å². The third-order valence-electron chi connectivity index (χ3n) is 10.6. The fraction of sp³-hybridized carbons (Fsp3) is 0.755. The van der Waals surface area contributed by atoms with Gasteiger partial charge in [-0.05, 0) is 51.4 Å². The second-order valence-electron chi connectivity index (χ2n) is 16.4. The van der Waals surface area contributed by atoms with Crippen LogP contribution in [0.1, 0.15) is 181 Å². The molecule has 358 valence electrons. The van der Waals surface area contributed by atoms with Crippen molar-refractivity contribution >= 4 is 22.1 Å². The summed E-state index contributed by atoms with van der Waals surface area (Å²) in [7, 11) is -4.61. The number of hydrogen-bond acceptors (Lipinski definition) is 11. The predicted octanol–water partition coefficient (Wildman–Crippen LogP) is 10.1. The fourth-order valence-electron chi connectivity index (χ4n) is 6.89. The molecule has 1 aliphatic rings. The van der Waals surface area contributed by atoms with Gasteiger partial charge in [0.2, 0.25) is 0 Å². The van der Waals surface area contributed by atoms with E-state index >= 15 is 0 Å². The summed E-state index contributed by atoms with van der Waals surface area (Å²) in [6, 6.07) is 0. The number of rotatable bonds is 39. The van der Waals surface area contributed by atoms with E-state index in [-0.39, 0.29) is 19.4 Å². The normalized spacial score (nSPS) is 20.4. The van der Waals surface area contributed by atoms with Crippen molar-refractivity contribution in [1.82, 2.24) is 0 Å². The number of hydrogen-bond donors (Lipinski definition) is 4. The Hall–Kier alpha value is -2.65. The highest BCUT2D eigenvalue weighted by Crippen LogP contribution is 2.24. The van der Waals surface area contributed by atoms with E-state index in [4.69, 9.17) is 18.9 Å². The zero-order chi connectivity index (χ0) is 45.5. The Bertz CT molecular complexity index is 1370. The monoisotopic (exact) mass is 897 g/mol. The molecule has 13 heteroatoms. The SMILES string of the molecule is CCCCC/C=C/C/C=C/C/C=C/C/C=C/C/C=C/CCC(=O)O[C@H](COC(=O)CCCCCCCCCCCCCCCCC)CO[C@H]1O[C@H](CS(=O)(=O)O)[C@@H](O)C(O)C1O. The molecule has 0 amide bonds. The van der Waals surface area contributed by atoms with Crippen LogP contribution in [-0.2, 0) is 38.7 Å². The van der Waals surface area contributed by atoms with Crippen LogP contribution in [0, 0.1) is 0 Å². The van der Waals surface area contributed by atoms with Crippen molar-refractivity contribution < 1.29 is 56.8 Å². The molecule has 2 unspecified atom stereocenters. The number of allylic oxidation sites excluding steroid dienone is 10. The van der Waals surface area contributed by atoms with Crippen LogP contribution in [0.5, 0.6) is 0 Å². The molecule has 0 aliphatic carbocycles. The molecule has 0 aromatic carbocycles. The summed E-state index contributed by atoms with van der Waals surface area (Å²) in [5.41, 5.74) is 0. The van der Waals surface area contributed by atoms with Crippen molar-refractivity contribution in [3.63, 3.8) is 0 Å². The van der Waals surface area contributed by atoms with Gasteiger partial charge in [0.25, 0.3) is 10.1 Å². The van der Waals surface area contributed by atoms with Crippen LogP contribution in [0.25, 0.3) is 0 Å². The maximum Gasteiger partial charge on any atom is 0.306 e. The van der Waals surface area contributed by atoms with Crippen molar-refractivity contribution in [3.05, 3.63) is 60.8 Å². The number of ether oxygens (including phenoxy) is 4. The Morgan fingerprint density at radius 1 is 0.548 bits per heavy atom. The lowest BCUT2D eigenvalue weighted by Gasteiger charge is -2.40. The number of carbonyl (C=O) groups is 2. The highest BCUT2D eigenvalue weighted by atomic mass is 32.2. The molecule has 0 bridgehead atoms. The summed E-state index contributed by atoms with van der Waals surface area (Å²) in [5, 5.41) is 30.9. The van der Waals surface area contributed by atoms with Gasteiger partial charge in [0.1, 0.15) is 36.8 Å². The second-order valence-corrected chi connectivity index (χ2v) is 17.9. The van der Waals surface area contributed by atoms with Crippen molar-refractivity contribution in [1.29, 1.82) is 0 Å². The molecule has 0 spiro atoms. The molecule has 1 fully saturated rings. The van der Waals surface area contributed by atoms with E-state index < -0.39 is 71.2 Å². The van der Waals surface area contributed by atoms with Gasteiger partial charge >= 0.3 is 11.9 Å². The highest BCUT2D eigenvalue weighted by Gasteiger charge is 2.46. The van der Waals surface area contributed by atoms with Gasteiger partial charge in [-0.15, -0.1) is 0 Å². The van der Waals surface area contributed by atoms with E-state index in [0.717, 1.165) is 44.9 Å². The summed E-state index contributed by atoms with van der Waals surface area (Å²) in [6.07, 6.45) is 38.4. The minimum atomic E-state index is -4.61. The summed E-state index contributed by atoms with van der Waals surface area (Å²) in [6.45, 7) is 3.68. The van der Waals surface area contributed by atoms with Crippen LogP contribution >= 0.6 is 0 Å². The van der Waals surface area contributed by atoms with Crippen molar-refractivity contribution in [2.45, 2.75) is 218 Å². The molecule has 0 aromatic heterocycles. The first-order valence-electron chi connectivity index (χ1n) is 23.8. The summed E-state index contributed by atoms with van der Waals surface area (Å²) in [5.74, 6) is -2.09. The smallest absolute Gasteiger partial charge is 0.306 e. The highest BCUT2D eigenvalue weighted by molar-refractivity contribution is 7.85. The molecule has 62 heavy (non-hydrogen) atoms. The van der Waals surface area contributed by atoms with Crippen LogP contribution in [0.4, 0.5) is 0 Å². The first-order valence-corrected chi connectivity index (χ1v) is 25.5. The Kier molecular flexibility index (Phi) is 35.9. The van der Waals surface area contributed by atoms with Crippen LogP contribution in [0.3, 0.4) is 0 Å².